The lowest BCUT2D eigenvalue weighted by molar-refractivity contribution is -0.145. The maximum atomic E-state index is 11.5. The topological polar surface area (TPSA) is 66.0 Å². The summed E-state index contributed by atoms with van der Waals surface area (Å²) in [6, 6.07) is 0. The predicted octanol–water partition coefficient (Wildman–Crippen LogP) is 1.80. The van der Waals surface area contributed by atoms with E-state index in [9.17, 15) is 9.90 Å². The van der Waals surface area contributed by atoms with Gasteiger partial charge >= 0.3 is 5.97 Å². The van der Waals surface area contributed by atoms with Crippen LogP contribution in [0.2, 0.25) is 0 Å². The number of nitrogens with zero attached hydrogens (tertiary/aromatic N) is 1. The molecule has 1 saturated carbocycles. The number of fused-ring (bicyclic) bond motifs is 3. The van der Waals surface area contributed by atoms with Crippen molar-refractivity contribution in [3.8, 4) is 0 Å². The van der Waals surface area contributed by atoms with Crippen molar-refractivity contribution in [1.29, 1.82) is 0 Å². The number of aliphatic carboxylic acids is 1. The lowest BCUT2D eigenvalue weighted by Gasteiger charge is -2.17. The van der Waals surface area contributed by atoms with Crippen LogP contribution in [0.4, 0.5) is 0 Å². The first-order chi connectivity index (χ1) is 7.57. The second-order valence-electron chi connectivity index (χ2n) is 5.53. The molecule has 4 heteroatoms. The first-order valence-corrected chi connectivity index (χ1v) is 5.83. The number of hydrogen-bond donors (Lipinski definition) is 2. The Morgan fingerprint density at radius 2 is 2.50 bits per heavy atom. The summed E-state index contributed by atoms with van der Waals surface area (Å²) < 4.78 is 0. The van der Waals surface area contributed by atoms with Crippen LogP contribution in [0, 0.1) is 17.3 Å². The molecule has 0 aliphatic heterocycles. The Hall–Kier alpha value is -1.32. The lowest BCUT2D eigenvalue weighted by atomic mass is 9.86. The quantitative estimate of drug-likeness (QED) is 0.816. The van der Waals surface area contributed by atoms with E-state index in [2.05, 4.69) is 24.0 Å². The molecule has 1 fully saturated rings. The van der Waals surface area contributed by atoms with Gasteiger partial charge in [0.15, 0.2) is 0 Å². The first-order valence-electron chi connectivity index (χ1n) is 5.83. The van der Waals surface area contributed by atoms with Crippen molar-refractivity contribution < 1.29 is 9.90 Å². The zero-order valence-electron chi connectivity index (χ0n) is 9.53. The van der Waals surface area contributed by atoms with Crippen LogP contribution in [0.5, 0.6) is 0 Å². The van der Waals surface area contributed by atoms with Crippen molar-refractivity contribution >= 4 is 5.97 Å². The van der Waals surface area contributed by atoms with E-state index in [1.807, 2.05) is 6.20 Å². The molecule has 0 aromatic carbocycles. The Morgan fingerprint density at radius 1 is 1.75 bits per heavy atom. The van der Waals surface area contributed by atoms with Crippen molar-refractivity contribution in [2.45, 2.75) is 32.6 Å². The molecule has 0 radical (unpaired) electrons. The molecule has 1 heterocycles. The van der Waals surface area contributed by atoms with Crippen LogP contribution in [0.15, 0.2) is 6.20 Å². The third-order valence-corrected chi connectivity index (χ3v) is 4.14. The number of carboxylic acid groups (broad SMARTS) is 1. The SMILES string of the molecule is CC(C)CC1(C(=O)O)C2Cc3c[nH]nc3C21. The Labute approximate surface area is 94.1 Å². The summed E-state index contributed by atoms with van der Waals surface area (Å²) in [7, 11) is 0. The Kier molecular flexibility index (Phi) is 1.77. The molecule has 86 valence electrons. The van der Waals surface area contributed by atoms with Gasteiger partial charge in [0, 0.05) is 12.1 Å². The minimum absolute atomic E-state index is 0.161. The molecule has 1 aromatic rings. The molecule has 2 aliphatic carbocycles. The van der Waals surface area contributed by atoms with Crippen LogP contribution in [-0.4, -0.2) is 21.3 Å². The van der Waals surface area contributed by atoms with Crippen molar-refractivity contribution in [3.63, 3.8) is 0 Å². The largest absolute Gasteiger partial charge is 0.481 e. The van der Waals surface area contributed by atoms with Crippen LogP contribution in [-0.2, 0) is 11.2 Å². The van der Waals surface area contributed by atoms with Crippen LogP contribution in [0.25, 0.3) is 0 Å². The summed E-state index contributed by atoms with van der Waals surface area (Å²) in [6.45, 7) is 4.17. The van der Waals surface area contributed by atoms with E-state index in [1.54, 1.807) is 0 Å². The number of hydrogen-bond acceptors (Lipinski definition) is 2. The van der Waals surface area contributed by atoms with Gasteiger partial charge in [-0.3, -0.25) is 9.89 Å². The molecule has 0 bridgehead atoms. The van der Waals surface area contributed by atoms with Gasteiger partial charge in [-0.05, 0) is 30.2 Å². The first kappa shape index (κ1) is 9.87. The molecule has 4 nitrogen and oxygen atoms in total. The molecule has 3 rings (SSSR count). The van der Waals surface area contributed by atoms with Crippen molar-refractivity contribution in [1.82, 2.24) is 10.2 Å². The minimum Gasteiger partial charge on any atom is -0.481 e. The second-order valence-corrected chi connectivity index (χ2v) is 5.53. The number of rotatable bonds is 3. The summed E-state index contributed by atoms with van der Waals surface area (Å²) in [5.74, 6) is 0.238. The van der Waals surface area contributed by atoms with Gasteiger partial charge in [-0.1, -0.05) is 13.8 Å². The lowest BCUT2D eigenvalue weighted by Crippen LogP contribution is -2.23. The summed E-state index contributed by atoms with van der Waals surface area (Å²) in [4.78, 5) is 11.5. The summed E-state index contributed by atoms with van der Waals surface area (Å²) in [5, 5.41) is 16.5. The molecule has 0 spiro atoms. The molecule has 2 aliphatic rings. The van der Waals surface area contributed by atoms with Gasteiger partial charge in [0.25, 0.3) is 0 Å². The van der Waals surface area contributed by atoms with Gasteiger partial charge in [0.2, 0.25) is 0 Å². The Balaban J connectivity index is 1.95. The van der Waals surface area contributed by atoms with Crippen molar-refractivity contribution in [3.05, 3.63) is 17.5 Å². The number of aromatic nitrogens is 2. The third kappa shape index (κ3) is 0.996. The number of nitrogens with one attached hydrogen (secondary N) is 1. The molecule has 3 atom stereocenters. The van der Waals surface area contributed by atoms with E-state index in [1.165, 1.54) is 5.56 Å². The molecular weight excluding hydrogens is 204 g/mol. The van der Waals surface area contributed by atoms with Crippen LogP contribution in [0.3, 0.4) is 0 Å². The monoisotopic (exact) mass is 220 g/mol. The fraction of sp³-hybridized carbons (Fsp3) is 0.667. The number of carbonyl (C=O) groups is 1. The van der Waals surface area contributed by atoms with Crippen LogP contribution >= 0.6 is 0 Å². The second kappa shape index (κ2) is 2.87. The summed E-state index contributed by atoms with van der Waals surface area (Å²) in [6.07, 6.45) is 3.56. The van der Waals surface area contributed by atoms with Gasteiger partial charge in [-0.2, -0.15) is 5.10 Å². The van der Waals surface area contributed by atoms with Gasteiger partial charge < -0.3 is 5.11 Å². The maximum absolute atomic E-state index is 11.5. The Bertz CT molecular complexity index is 452. The van der Waals surface area contributed by atoms with Crippen molar-refractivity contribution in [2.24, 2.45) is 17.3 Å². The normalized spacial score (nSPS) is 34.9. The molecule has 0 amide bonds. The minimum atomic E-state index is -0.634. The van der Waals surface area contributed by atoms with E-state index in [-0.39, 0.29) is 5.92 Å². The molecular formula is C12H16N2O2. The number of carboxylic acids is 1. The summed E-state index contributed by atoms with van der Waals surface area (Å²) in [5.41, 5.74) is 1.71. The van der Waals surface area contributed by atoms with Gasteiger partial charge in [0.1, 0.15) is 0 Å². The molecule has 3 unspecified atom stereocenters. The fourth-order valence-corrected chi connectivity index (χ4v) is 3.58. The number of H-pyrrole nitrogens is 1. The predicted molar refractivity (Wildman–Crippen MR) is 58.0 cm³/mol. The van der Waals surface area contributed by atoms with E-state index >= 15 is 0 Å². The van der Waals surface area contributed by atoms with Gasteiger partial charge in [-0.15, -0.1) is 0 Å². The van der Waals surface area contributed by atoms with E-state index in [0.717, 1.165) is 18.5 Å². The fourth-order valence-electron chi connectivity index (χ4n) is 3.58. The van der Waals surface area contributed by atoms with Crippen LogP contribution < -0.4 is 0 Å². The van der Waals surface area contributed by atoms with E-state index < -0.39 is 11.4 Å². The Morgan fingerprint density at radius 3 is 3.12 bits per heavy atom. The highest BCUT2D eigenvalue weighted by Crippen LogP contribution is 2.72. The van der Waals surface area contributed by atoms with Crippen molar-refractivity contribution in [2.75, 3.05) is 0 Å². The highest BCUT2D eigenvalue weighted by atomic mass is 16.4. The standard InChI is InChI=1S/C12H16N2O2/c1-6(2)4-12(11(15)16)8-3-7-5-13-14-10(7)9(8)12/h5-6,8-9H,3-4H2,1-2H3,(H,13,14)(H,15,16). The smallest absolute Gasteiger partial charge is 0.310 e. The molecule has 2 N–H and O–H groups in total. The third-order valence-electron chi connectivity index (χ3n) is 4.14. The highest BCUT2D eigenvalue weighted by molar-refractivity contribution is 5.82. The average molecular weight is 220 g/mol. The highest BCUT2D eigenvalue weighted by Gasteiger charge is 2.73. The van der Waals surface area contributed by atoms with E-state index in [4.69, 9.17) is 0 Å². The van der Waals surface area contributed by atoms with Gasteiger partial charge in [-0.25, -0.2) is 0 Å². The zero-order valence-corrected chi connectivity index (χ0v) is 9.53. The maximum Gasteiger partial charge on any atom is 0.310 e. The number of aromatic amines is 1. The summed E-state index contributed by atoms with van der Waals surface area (Å²) >= 11 is 0. The van der Waals surface area contributed by atoms with E-state index in [0.29, 0.717) is 11.8 Å². The van der Waals surface area contributed by atoms with Gasteiger partial charge in [0.05, 0.1) is 11.1 Å². The van der Waals surface area contributed by atoms with Crippen LogP contribution in [0.1, 0.15) is 37.4 Å². The molecule has 16 heavy (non-hydrogen) atoms. The zero-order chi connectivity index (χ0) is 11.5. The molecule has 0 saturated heterocycles. The molecule has 1 aromatic heterocycles. The average Bonchev–Trinajstić information content (AvgIpc) is 2.56.